The number of aromatic hydroxyl groups is 1. The van der Waals surface area contributed by atoms with Crippen molar-refractivity contribution in [2.24, 2.45) is 0 Å². The van der Waals surface area contributed by atoms with Crippen molar-refractivity contribution in [2.45, 2.75) is 31.9 Å². The Kier molecular flexibility index (Phi) is 3.82. The number of hydrogen-bond acceptors (Lipinski definition) is 3. The highest BCUT2D eigenvalue weighted by Crippen LogP contribution is 2.27. The minimum Gasteiger partial charge on any atom is -0.507 e. The van der Waals surface area contributed by atoms with E-state index in [-0.39, 0.29) is 23.3 Å². The van der Waals surface area contributed by atoms with Gasteiger partial charge in [-0.1, -0.05) is 0 Å². The second-order valence-electron chi connectivity index (χ2n) is 4.80. The Bertz CT molecular complexity index is 477. The van der Waals surface area contributed by atoms with Crippen LogP contribution < -0.4 is 5.32 Å². The van der Waals surface area contributed by atoms with Gasteiger partial charge in [0.15, 0.2) is 0 Å². The predicted molar refractivity (Wildman–Crippen MR) is 76.7 cm³/mol. The lowest BCUT2D eigenvalue weighted by molar-refractivity contribution is 0.0725. The summed E-state index contributed by atoms with van der Waals surface area (Å²) in [5, 5.41) is 12.7. The number of halogens is 1. The van der Waals surface area contributed by atoms with Crippen LogP contribution in [-0.4, -0.2) is 29.3 Å². The molecule has 1 saturated heterocycles. The van der Waals surface area contributed by atoms with E-state index in [1.807, 2.05) is 13.8 Å². The molecule has 0 aliphatic carbocycles. The Morgan fingerprint density at radius 2 is 2.33 bits per heavy atom. The van der Waals surface area contributed by atoms with E-state index >= 15 is 0 Å². The van der Waals surface area contributed by atoms with Gasteiger partial charge in [-0.2, -0.15) is 0 Å². The zero-order chi connectivity index (χ0) is 13.3. The maximum atomic E-state index is 12.2. The van der Waals surface area contributed by atoms with Crippen molar-refractivity contribution in [3.8, 4) is 5.75 Å². The van der Waals surface area contributed by atoms with Crippen LogP contribution in [0.4, 0.5) is 0 Å². The quantitative estimate of drug-likeness (QED) is 0.795. The summed E-state index contributed by atoms with van der Waals surface area (Å²) in [6.07, 6.45) is 0.760. The summed E-state index contributed by atoms with van der Waals surface area (Å²) < 4.78 is 6.39. The van der Waals surface area contributed by atoms with Gasteiger partial charge in [-0.25, -0.2) is 0 Å². The molecular weight excluding hydrogens is 345 g/mol. The Hall–Kier alpha value is -0.820. The Morgan fingerprint density at radius 1 is 1.61 bits per heavy atom. The molecule has 1 fully saturated rings. The van der Waals surface area contributed by atoms with E-state index in [2.05, 4.69) is 27.9 Å². The average molecular weight is 361 g/mol. The van der Waals surface area contributed by atoms with Crippen molar-refractivity contribution < 1.29 is 14.6 Å². The number of nitrogens with one attached hydrogen (secondary N) is 1. The van der Waals surface area contributed by atoms with Gasteiger partial charge in [0.2, 0.25) is 0 Å². The lowest BCUT2D eigenvalue weighted by atomic mass is 9.94. The van der Waals surface area contributed by atoms with Crippen LogP contribution >= 0.6 is 22.6 Å². The van der Waals surface area contributed by atoms with Gasteiger partial charge >= 0.3 is 0 Å². The molecule has 1 aromatic rings. The van der Waals surface area contributed by atoms with E-state index in [1.165, 1.54) is 6.07 Å². The van der Waals surface area contributed by atoms with Crippen LogP contribution in [0.2, 0.25) is 0 Å². The first-order valence-corrected chi connectivity index (χ1v) is 6.93. The van der Waals surface area contributed by atoms with Crippen molar-refractivity contribution in [1.82, 2.24) is 5.32 Å². The van der Waals surface area contributed by atoms with Crippen LogP contribution in [0.25, 0.3) is 0 Å². The average Bonchev–Trinajstić information content (AvgIpc) is 2.62. The first kappa shape index (κ1) is 13.6. The number of hydrogen-bond donors (Lipinski definition) is 2. The molecule has 5 heteroatoms. The molecule has 2 atom stereocenters. The van der Waals surface area contributed by atoms with Gasteiger partial charge in [0.1, 0.15) is 5.75 Å². The lowest BCUT2D eigenvalue weighted by Gasteiger charge is -2.29. The molecule has 0 aromatic heterocycles. The molecule has 1 aromatic carbocycles. The van der Waals surface area contributed by atoms with Crippen molar-refractivity contribution in [3.63, 3.8) is 0 Å². The van der Waals surface area contributed by atoms with E-state index < -0.39 is 0 Å². The van der Waals surface area contributed by atoms with Gasteiger partial charge in [0.05, 0.1) is 17.2 Å². The van der Waals surface area contributed by atoms with Gasteiger partial charge in [0, 0.05) is 10.2 Å². The summed E-state index contributed by atoms with van der Waals surface area (Å²) >= 11 is 2.11. The van der Waals surface area contributed by atoms with Gasteiger partial charge in [-0.3, -0.25) is 4.79 Å². The molecule has 1 aliphatic rings. The number of phenolic OH excluding ortho intramolecular Hbond substituents is 1. The fraction of sp³-hybridized carbons (Fsp3) is 0.462. The largest absolute Gasteiger partial charge is 0.507 e. The molecular formula is C13H16INO3. The number of carbonyl (C=O) groups is 1. The molecule has 0 bridgehead atoms. The van der Waals surface area contributed by atoms with E-state index in [0.717, 1.165) is 9.99 Å². The van der Waals surface area contributed by atoms with Crippen molar-refractivity contribution in [3.05, 3.63) is 27.3 Å². The number of phenols is 1. The van der Waals surface area contributed by atoms with Crippen LogP contribution in [0, 0.1) is 3.57 Å². The smallest absolute Gasteiger partial charge is 0.255 e. The van der Waals surface area contributed by atoms with Crippen LogP contribution in [-0.2, 0) is 4.74 Å². The van der Waals surface area contributed by atoms with Crippen LogP contribution in [0.15, 0.2) is 18.2 Å². The highest BCUT2D eigenvalue weighted by atomic mass is 127. The fourth-order valence-electron chi connectivity index (χ4n) is 2.02. The summed E-state index contributed by atoms with van der Waals surface area (Å²) in [4.78, 5) is 12.2. The number of ether oxygens (including phenoxy) is 1. The molecule has 2 N–H and O–H groups in total. The molecule has 1 aliphatic heterocycles. The fourth-order valence-corrected chi connectivity index (χ4v) is 2.51. The van der Waals surface area contributed by atoms with Gasteiger partial charge < -0.3 is 15.2 Å². The van der Waals surface area contributed by atoms with Gasteiger partial charge in [-0.05, 0) is 61.1 Å². The molecule has 0 saturated carbocycles. The summed E-state index contributed by atoms with van der Waals surface area (Å²) in [6.45, 7) is 4.56. The number of carbonyl (C=O) groups excluding carboxylic acids is 1. The molecule has 1 amide bonds. The highest BCUT2D eigenvalue weighted by molar-refractivity contribution is 14.1. The first-order chi connectivity index (χ1) is 8.42. The minimum absolute atomic E-state index is 0.00286. The van der Waals surface area contributed by atoms with Crippen LogP contribution in [0.3, 0.4) is 0 Å². The standard InChI is InChI=1S/C13H16INO3/c1-8-13(2,5-6-18-8)15-12(17)10-7-9(14)3-4-11(10)16/h3-4,7-8,16H,5-6H2,1-2H3,(H,15,17). The topological polar surface area (TPSA) is 58.6 Å². The molecule has 0 radical (unpaired) electrons. The van der Waals surface area contributed by atoms with Crippen molar-refractivity contribution in [1.29, 1.82) is 0 Å². The summed E-state index contributed by atoms with van der Waals surface area (Å²) in [5.74, 6) is -0.256. The number of amides is 1. The minimum atomic E-state index is -0.370. The van der Waals surface area contributed by atoms with E-state index in [1.54, 1.807) is 12.1 Å². The second-order valence-corrected chi connectivity index (χ2v) is 6.04. The maximum Gasteiger partial charge on any atom is 0.255 e. The summed E-state index contributed by atoms with van der Waals surface area (Å²) in [5.41, 5.74) is -0.0626. The Labute approximate surface area is 120 Å². The zero-order valence-corrected chi connectivity index (χ0v) is 12.5. The molecule has 2 unspecified atom stereocenters. The molecule has 2 rings (SSSR count). The SMILES string of the molecule is CC1OCCC1(C)NC(=O)c1cc(I)ccc1O. The lowest BCUT2D eigenvalue weighted by Crippen LogP contribution is -2.50. The Morgan fingerprint density at radius 3 is 2.94 bits per heavy atom. The highest BCUT2D eigenvalue weighted by Gasteiger charge is 2.38. The molecule has 18 heavy (non-hydrogen) atoms. The molecule has 0 spiro atoms. The maximum absolute atomic E-state index is 12.2. The molecule has 4 nitrogen and oxygen atoms in total. The second kappa shape index (κ2) is 5.05. The molecule has 1 heterocycles. The third kappa shape index (κ3) is 2.61. The van der Waals surface area contributed by atoms with Gasteiger partial charge in [-0.15, -0.1) is 0 Å². The zero-order valence-electron chi connectivity index (χ0n) is 10.4. The van der Waals surface area contributed by atoms with Crippen molar-refractivity contribution in [2.75, 3.05) is 6.61 Å². The van der Waals surface area contributed by atoms with E-state index in [0.29, 0.717) is 12.2 Å². The third-order valence-electron chi connectivity index (χ3n) is 3.49. The normalized spacial score (nSPS) is 27.2. The monoisotopic (exact) mass is 361 g/mol. The number of rotatable bonds is 2. The van der Waals surface area contributed by atoms with Crippen molar-refractivity contribution >= 4 is 28.5 Å². The van der Waals surface area contributed by atoms with E-state index in [4.69, 9.17) is 4.74 Å². The first-order valence-electron chi connectivity index (χ1n) is 5.85. The number of benzene rings is 1. The van der Waals surface area contributed by atoms with E-state index in [9.17, 15) is 9.90 Å². The summed E-state index contributed by atoms with van der Waals surface area (Å²) in [6, 6.07) is 4.97. The predicted octanol–water partition coefficient (Wildman–Crippen LogP) is 2.29. The Balaban J connectivity index is 2.19. The summed E-state index contributed by atoms with van der Waals surface area (Å²) in [7, 11) is 0. The molecule has 98 valence electrons. The third-order valence-corrected chi connectivity index (χ3v) is 4.16. The van der Waals surface area contributed by atoms with Crippen LogP contribution in [0.1, 0.15) is 30.6 Å². The van der Waals surface area contributed by atoms with Gasteiger partial charge in [0.25, 0.3) is 5.91 Å². The van der Waals surface area contributed by atoms with Crippen LogP contribution in [0.5, 0.6) is 5.75 Å².